The first kappa shape index (κ1) is 14.4. The first-order valence-electron chi connectivity index (χ1n) is 5.63. The molecule has 1 N–H and O–H groups in total. The van der Waals surface area contributed by atoms with Gasteiger partial charge >= 0.3 is 0 Å². The van der Waals surface area contributed by atoms with Crippen LogP contribution in [0.5, 0.6) is 5.75 Å². The molecule has 20 heavy (non-hydrogen) atoms. The van der Waals surface area contributed by atoms with Crippen LogP contribution in [0.15, 0.2) is 33.9 Å². The number of methoxy groups -OCH3 is 1. The van der Waals surface area contributed by atoms with Crippen molar-refractivity contribution in [1.29, 1.82) is 5.26 Å². The number of rotatable bonds is 4. The van der Waals surface area contributed by atoms with Gasteiger partial charge in [0.1, 0.15) is 11.8 Å². The van der Waals surface area contributed by atoms with E-state index in [0.717, 1.165) is 11.3 Å². The Labute approximate surface area is 121 Å². The van der Waals surface area contributed by atoms with Gasteiger partial charge in [0.25, 0.3) is 10.0 Å². The number of nitrogens with one attached hydrogen (secondary N) is 1. The second kappa shape index (κ2) is 5.53. The zero-order valence-electron chi connectivity index (χ0n) is 10.9. The molecule has 0 radical (unpaired) electrons. The minimum Gasteiger partial charge on any atom is -0.494 e. The van der Waals surface area contributed by atoms with Crippen LogP contribution in [0.3, 0.4) is 0 Å². The molecule has 0 spiro atoms. The molecule has 2 rings (SSSR count). The number of thiophene rings is 1. The summed E-state index contributed by atoms with van der Waals surface area (Å²) in [5.74, 6) is 0.286. The van der Waals surface area contributed by atoms with Crippen molar-refractivity contribution >= 4 is 27.0 Å². The number of sulfonamides is 1. The van der Waals surface area contributed by atoms with Gasteiger partial charge in [-0.15, -0.1) is 11.3 Å². The monoisotopic (exact) mass is 308 g/mol. The standard InChI is InChI=1S/C13H12N2O3S2/c1-9-4-3-5-11(10(9)8-14)15-20(16,17)13-12(18-2)6-7-19-13/h3-7,15H,1-2H3. The van der Waals surface area contributed by atoms with Gasteiger partial charge in [-0.25, -0.2) is 8.42 Å². The lowest BCUT2D eigenvalue weighted by Crippen LogP contribution is -2.13. The van der Waals surface area contributed by atoms with E-state index in [4.69, 9.17) is 10.00 Å². The third-order valence-electron chi connectivity index (χ3n) is 2.69. The summed E-state index contributed by atoms with van der Waals surface area (Å²) in [6, 6.07) is 8.59. The number of hydrogen-bond acceptors (Lipinski definition) is 5. The van der Waals surface area contributed by atoms with Gasteiger partial charge < -0.3 is 4.74 Å². The zero-order valence-corrected chi connectivity index (χ0v) is 12.5. The molecule has 0 aliphatic heterocycles. The van der Waals surface area contributed by atoms with E-state index in [1.807, 2.05) is 6.07 Å². The predicted molar refractivity (Wildman–Crippen MR) is 77.6 cm³/mol. The van der Waals surface area contributed by atoms with Gasteiger partial charge in [-0.3, -0.25) is 4.72 Å². The Morgan fingerprint density at radius 2 is 2.10 bits per heavy atom. The fourth-order valence-corrected chi connectivity index (χ4v) is 4.07. The molecule has 7 heteroatoms. The van der Waals surface area contributed by atoms with Crippen LogP contribution in [0.4, 0.5) is 5.69 Å². The maximum absolute atomic E-state index is 12.3. The van der Waals surface area contributed by atoms with Crippen LogP contribution in [0.2, 0.25) is 0 Å². The number of anilines is 1. The highest BCUT2D eigenvalue weighted by molar-refractivity contribution is 7.94. The SMILES string of the molecule is COc1ccsc1S(=O)(=O)Nc1cccc(C)c1C#N. The maximum Gasteiger partial charge on any atom is 0.275 e. The summed E-state index contributed by atoms with van der Waals surface area (Å²) in [5.41, 5.74) is 1.29. The smallest absolute Gasteiger partial charge is 0.275 e. The van der Waals surface area contributed by atoms with Crippen molar-refractivity contribution in [3.8, 4) is 11.8 Å². The Balaban J connectivity index is 2.45. The van der Waals surface area contributed by atoms with Crippen molar-refractivity contribution in [1.82, 2.24) is 0 Å². The van der Waals surface area contributed by atoms with E-state index in [1.165, 1.54) is 7.11 Å². The van der Waals surface area contributed by atoms with Crippen molar-refractivity contribution in [2.45, 2.75) is 11.1 Å². The molecule has 0 unspecified atom stereocenters. The molecule has 0 fully saturated rings. The minimum atomic E-state index is -3.77. The van der Waals surface area contributed by atoms with Crippen molar-refractivity contribution in [2.24, 2.45) is 0 Å². The van der Waals surface area contributed by atoms with E-state index < -0.39 is 10.0 Å². The number of nitriles is 1. The third-order valence-corrected chi connectivity index (χ3v) is 5.50. The molecule has 104 valence electrons. The summed E-state index contributed by atoms with van der Waals surface area (Å²) in [7, 11) is -2.36. The van der Waals surface area contributed by atoms with E-state index >= 15 is 0 Å². The number of ether oxygens (including phenoxy) is 1. The summed E-state index contributed by atoms with van der Waals surface area (Å²) in [5, 5.41) is 10.8. The molecule has 1 aromatic heterocycles. The van der Waals surface area contributed by atoms with Gasteiger partial charge in [-0.2, -0.15) is 5.26 Å². The van der Waals surface area contributed by atoms with E-state index in [2.05, 4.69) is 4.72 Å². The molecule has 2 aromatic rings. The lowest BCUT2D eigenvalue weighted by Gasteiger charge is -2.10. The second-order valence-electron chi connectivity index (χ2n) is 3.99. The Morgan fingerprint density at radius 1 is 1.35 bits per heavy atom. The van der Waals surface area contributed by atoms with Crippen LogP contribution < -0.4 is 9.46 Å². The molecule has 0 aliphatic carbocycles. The fraction of sp³-hybridized carbons (Fsp3) is 0.154. The molecule has 0 amide bonds. The maximum atomic E-state index is 12.3. The van der Waals surface area contributed by atoms with Crippen LogP contribution >= 0.6 is 11.3 Å². The van der Waals surface area contributed by atoms with Gasteiger partial charge in [0, 0.05) is 0 Å². The van der Waals surface area contributed by atoms with E-state index in [9.17, 15) is 8.42 Å². The number of benzene rings is 1. The van der Waals surface area contributed by atoms with Crippen molar-refractivity contribution in [3.63, 3.8) is 0 Å². The molecule has 0 saturated heterocycles. The van der Waals surface area contributed by atoms with Gasteiger partial charge in [-0.05, 0) is 30.0 Å². The highest BCUT2D eigenvalue weighted by atomic mass is 32.2. The number of aryl methyl sites for hydroxylation is 1. The Morgan fingerprint density at radius 3 is 2.75 bits per heavy atom. The van der Waals surface area contributed by atoms with E-state index in [1.54, 1.807) is 36.6 Å². The van der Waals surface area contributed by atoms with Gasteiger partial charge in [0.2, 0.25) is 0 Å². The van der Waals surface area contributed by atoms with Crippen LogP contribution in [0.25, 0.3) is 0 Å². The van der Waals surface area contributed by atoms with Crippen LogP contribution in [0.1, 0.15) is 11.1 Å². The van der Waals surface area contributed by atoms with Crippen molar-refractivity contribution in [2.75, 3.05) is 11.8 Å². The van der Waals surface area contributed by atoms with Gasteiger partial charge in [0.15, 0.2) is 4.21 Å². The van der Waals surface area contributed by atoms with E-state index in [0.29, 0.717) is 11.1 Å². The third kappa shape index (κ3) is 2.61. The molecule has 0 bridgehead atoms. The first-order valence-corrected chi connectivity index (χ1v) is 8.00. The highest BCUT2D eigenvalue weighted by Crippen LogP contribution is 2.31. The zero-order chi connectivity index (χ0) is 14.8. The van der Waals surface area contributed by atoms with Crippen molar-refractivity contribution < 1.29 is 13.2 Å². The first-order chi connectivity index (χ1) is 9.49. The number of nitrogens with zero attached hydrogens (tertiary/aromatic N) is 1. The fourth-order valence-electron chi connectivity index (χ4n) is 1.72. The average molecular weight is 308 g/mol. The lowest BCUT2D eigenvalue weighted by atomic mass is 10.1. The molecule has 0 saturated carbocycles. The number of hydrogen-bond donors (Lipinski definition) is 1. The predicted octanol–water partition coefficient (Wildman–Crippen LogP) is 2.74. The molecular weight excluding hydrogens is 296 g/mol. The Bertz CT molecular complexity index is 773. The van der Waals surface area contributed by atoms with Crippen molar-refractivity contribution in [3.05, 3.63) is 40.8 Å². The van der Waals surface area contributed by atoms with Gasteiger partial charge in [-0.1, -0.05) is 12.1 Å². The molecular formula is C13H12N2O3S2. The summed E-state index contributed by atoms with van der Waals surface area (Å²) in [6.45, 7) is 1.75. The van der Waals surface area contributed by atoms with Crippen LogP contribution in [-0.4, -0.2) is 15.5 Å². The lowest BCUT2D eigenvalue weighted by molar-refractivity contribution is 0.406. The molecule has 1 heterocycles. The normalized spacial score (nSPS) is 10.8. The summed E-state index contributed by atoms with van der Waals surface area (Å²) in [6.07, 6.45) is 0. The van der Waals surface area contributed by atoms with Gasteiger partial charge in [0.05, 0.1) is 18.4 Å². The Hall–Kier alpha value is -2.04. The topological polar surface area (TPSA) is 79.2 Å². The molecule has 0 aliphatic rings. The second-order valence-corrected chi connectivity index (χ2v) is 6.78. The van der Waals surface area contributed by atoms with Crippen LogP contribution in [-0.2, 0) is 10.0 Å². The molecule has 5 nitrogen and oxygen atoms in total. The summed E-state index contributed by atoms with van der Waals surface area (Å²) < 4.78 is 32.2. The summed E-state index contributed by atoms with van der Waals surface area (Å²) in [4.78, 5) is 0. The quantitative estimate of drug-likeness (QED) is 0.942. The average Bonchev–Trinajstić information content (AvgIpc) is 2.87. The van der Waals surface area contributed by atoms with E-state index in [-0.39, 0.29) is 15.6 Å². The molecule has 1 aromatic carbocycles. The molecule has 0 atom stereocenters. The largest absolute Gasteiger partial charge is 0.494 e. The minimum absolute atomic E-state index is 0.0883. The van der Waals surface area contributed by atoms with Crippen LogP contribution in [0, 0.1) is 18.3 Å². The highest BCUT2D eigenvalue weighted by Gasteiger charge is 2.22. The summed E-state index contributed by atoms with van der Waals surface area (Å²) >= 11 is 1.06. The Kier molecular flexibility index (Phi) is 3.97.